The van der Waals surface area contributed by atoms with E-state index in [2.05, 4.69) is 15.8 Å². The van der Waals surface area contributed by atoms with Gasteiger partial charge in [0.25, 0.3) is 0 Å². The molecular formula is C17H21ClN4O2. The highest BCUT2D eigenvalue weighted by Crippen LogP contribution is 2.32. The number of rotatable bonds is 6. The zero-order valence-corrected chi connectivity index (χ0v) is 14.7. The number of hydrazine groups is 1. The summed E-state index contributed by atoms with van der Waals surface area (Å²) in [7, 11) is 1.54. The average molecular weight is 349 g/mol. The van der Waals surface area contributed by atoms with E-state index in [1.807, 2.05) is 6.92 Å². The number of carbonyl (C=O) groups is 1. The summed E-state index contributed by atoms with van der Waals surface area (Å²) < 4.78 is 5.43. The largest absolute Gasteiger partial charge is 0.494 e. The smallest absolute Gasteiger partial charge is 0.157 e. The van der Waals surface area contributed by atoms with Crippen molar-refractivity contribution in [3.05, 3.63) is 35.0 Å². The molecule has 24 heavy (non-hydrogen) atoms. The first-order valence-electron chi connectivity index (χ1n) is 7.70. The predicted octanol–water partition coefficient (Wildman–Crippen LogP) is 3.08. The van der Waals surface area contributed by atoms with Gasteiger partial charge in [-0.1, -0.05) is 24.6 Å². The van der Waals surface area contributed by atoms with Crippen LogP contribution in [-0.2, 0) is 4.79 Å². The zero-order valence-electron chi connectivity index (χ0n) is 13.9. The summed E-state index contributed by atoms with van der Waals surface area (Å²) in [5.74, 6) is 0.532. The average Bonchev–Trinajstić information content (AvgIpc) is 2.54. The number of carbonyl (C=O) groups excluding carboxylic acids is 1. The van der Waals surface area contributed by atoms with Crippen LogP contribution < -0.4 is 15.6 Å². The molecule has 0 radical (unpaired) electrons. The summed E-state index contributed by atoms with van der Waals surface area (Å²) in [5.41, 5.74) is 7.74. The fourth-order valence-electron chi connectivity index (χ4n) is 2.46. The lowest BCUT2D eigenvalue weighted by Gasteiger charge is -2.23. The summed E-state index contributed by atoms with van der Waals surface area (Å²) in [4.78, 5) is 16.9. The Bertz CT molecular complexity index is 713. The Labute approximate surface area is 146 Å². The number of aliphatic imine (C=N–C) groups is 1. The summed E-state index contributed by atoms with van der Waals surface area (Å²) in [6, 6.07) is 4.80. The molecule has 1 aliphatic heterocycles. The van der Waals surface area contributed by atoms with Crippen LogP contribution in [0.3, 0.4) is 0 Å². The monoisotopic (exact) mass is 348 g/mol. The topological polar surface area (TPSA) is 86.6 Å². The Morgan fingerprint density at radius 3 is 2.83 bits per heavy atom. The molecule has 0 aliphatic carbocycles. The minimum Gasteiger partial charge on any atom is -0.494 e. The van der Waals surface area contributed by atoms with Crippen LogP contribution in [0.4, 0.5) is 5.69 Å². The molecule has 1 heterocycles. The van der Waals surface area contributed by atoms with E-state index in [0.717, 1.165) is 6.42 Å². The summed E-state index contributed by atoms with van der Waals surface area (Å²) >= 11 is 6.01. The van der Waals surface area contributed by atoms with Crippen molar-refractivity contribution in [1.29, 1.82) is 5.41 Å². The maximum atomic E-state index is 12.3. The van der Waals surface area contributed by atoms with Crippen molar-refractivity contribution in [3.63, 3.8) is 0 Å². The molecule has 0 aromatic heterocycles. The van der Waals surface area contributed by atoms with E-state index in [1.165, 1.54) is 7.11 Å². The third-order valence-electron chi connectivity index (χ3n) is 3.58. The third kappa shape index (κ3) is 4.01. The van der Waals surface area contributed by atoms with Gasteiger partial charge in [-0.25, -0.2) is 10.4 Å². The summed E-state index contributed by atoms with van der Waals surface area (Å²) in [5, 5.41) is 8.21. The molecule has 1 unspecified atom stereocenters. The van der Waals surface area contributed by atoms with Gasteiger partial charge in [-0.2, -0.15) is 0 Å². The highest BCUT2D eigenvalue weighted by atomic mass is 35.5. The zero-order chi connectivity index (χ0) is 17.7. The van der Waals surface area contributed by atoms with Crippen molar-refractivity contribution >= 4 is 34.5 Å². The maximum absolute atomic E-state index is 12.3. The molecule has 0 fully saturated rings. The molecule has 0 spiro atoms. The third-order valence-corrected chi connectivity index (χ3v) is 3.78. The number of Topliss-reactive ketones (excluding diaryl/α,β-unsaturated/α-hetero) is 1. The lowest BCUT2D eigenvalue weighted by molar-refractivity contribution is -0.119. The first kappa shape index (κ1) is 18.2. The van der Waals surface area contributed by atoms with Crippen molar-refractivity contribution < 1.29 is 9.53 Å². The molecule has 0 amide bonds. The molecule has 1 aromatic carbocycles. The molecule has 128 valence electrons. The molecule has 7 heteroatoms. The van der Waals surface area contributed by atoms with E-state index in [9.17, 15) is 4.79 Å². The number of hydrogen-bond acceptors (Lipinski definition) is 6. The van der Waals surface area contributed by atoms with Gasteiger partial charge in [-0.05, 0) is 31.6 Å². The number of halogens is 1. The SMILES string of the molecule is CCCC(=O)C1NNC(Cl)=CC1=Nc1cccc(C(C)=N)c1OC. The van der Waals surface area contributed by atoms with Crippen LogP contribution in [0.5, 0.6) is 5.75 Å². The molecule has 3 N–H and O–H groups in total. The Kier molecular flexibility index (Phi) is 6.11. The second kappa shape index (κ2) is 8.08. The number of benzene rings is 1. The van der Waals surface area contributed by atoms with Crippen molar-refractivity contribution in [1.82, 2.24) is 10.9 Å². The van der Waals surface area contributed by atoms with Crippen LogP contribution in [-0.4, -0.2) is 30.4 Å². The van der Waals surface area contributed by atoms with Crippen LogP contribution in [0, 0.1) is 5.41 Å². The molecular weight excluding hydrogens is 328 g/mol. The quantitative estimate of drug-likeness (QED) is 0.544. The minimum absolute atomic E-state index is 0.0301. The number of nitrogens with zero attached hydrogens (tertiary/aromatic N) is 1. The fraction of sp³-hybridized carbons (Fsp3) is 0.353. The lowest BCUT2D eigenvalue weighted by Crippen LogP contribution is -2.52. The number of hydrogen-bond donors (Lipinski definition) is 3. The molecule has 0 saturated carbocycles. The normalized spacial score (nSPS) is 18.8. The summed E-state index contributed by atoms with van der Waals surface area (Å²) in [6.45, 7) is 3.64. The standard InChI is InChI=1S/C17H21ClN4O2/c1-4-6-14(23)16-13(9-15(18)21-22-16)20-12-8-5-7-11(10(2)19)17(12)24-3/h5,7-9,16,19,21-22H,4,6H2,1-3H3. The van der Waals surface area contributed by atoms with Crippen molar-refractivity contribution in [2.24, 2.45) is 4.99 Å². The minimum atomic E-state index is -0.582. The Morgan fingerprint density at radius 1 is 1.46 bits per heavy atom. The molecule has 1 aliphatic rings. The van der Waals surface area contributed by atoms with Gasteiger partial charge in [0.2, 0.25) is 0 Å². The van der Waals surface area contributed by atoms with Crippen molar-refractivity contribution in [2.45, 2.75) is 32.7 Å². The van der Waals surface area contributed by atoms with Gasteiger partial charge in [-0.3, -0.25) is 4.79 Å². The maximum Gasteiger partial charge on any atom is 0.157 e. The van der Waals surface area contributed by atoms with Gasteiger partial charge in [0.1, 0.15) is 16.9 Å². The number of nitrogens with one attached hydrogen (secondary N) is 3. The second-order valence-electron chi connectivity index (χ2n) is 5.43. The van der Waals surface area contributed by atoms with Crippen molar-refractivity contribution in [3.8, 4) is 5.75 Å². The van der Waals surface area contributed by atoms with Crippen LogP contribution >= 0.6 is 11.6 Å². The van der Waals surface area contributed by atoms with E-state index >= 15 is 0 Å². The first-order chi connectivity index (χ1) is 11.5. The van der Waals surface area contributed by atoms with Gasteiger partial charge in [0.05, 0.1) is 12.8 Å². The number of ether oxygens (including phenoxy) is 1. The molecule has 1 atom stereocenters. The highest BCUT2D eigenvalue weighted by molar-refractivity contribution is 6.32. The van der Waals surface area contributed by atoms with Gasteiger partial charge in [0.15, 0.2) is 11.5 Å². The predicted molar refractivity (Wildman–Crippen MR) is 96.5 cm³/mol. The van der Waals surface area contributed by atoms with Crippen LogP contribution in [0.15, 0.2) is 34.4 Å². The molecule has 1 aromatic rings. The Morgan fingerprint density at radius 2 is 2.21 bits per heavy atom. The number of para-hydroxylation sites is 1. The Balaban J connectivity index is 2.50. The number of methoxy groups -OCH3 is 1. The van der Waals surface area contributed by atoms with Gasteiger partial charge < -0.3 is 15.6 Å². The van der Waals surface area contributed by atoms with Gasteiger partial charge >= 0.3 is 0 Å². The lowest BCUT2D eigenvalue weighted by atomic mass is 10.0. The van der Waals surface area contributed by atoms with Crippen molar-refractivity contribution in [2.75, 3.05) is 7.11 Å². The van der Waals surface area contributed by atoms with E-state index in [4.69, 9.17) is 21.7 Å². The van der Waals surface area contributed by atoms with E-state index in [1.54, 1.807) is 31.2 Å². The van der Waals surface area contributed by atoms with E-state index in [-0.39, 0.29) is 5.78 Å². The number of ketones is 1. The van der Waals surface area contributed by atoms with Gasteiger partial charge in [-0.15, -0.1) is 0 Å². The van der Waals surface area contributed by atoms with Crippen LogP contribution in [0.25, 0.3) is 0 Å². The molecule has 0 saturated heterocycles. The van der Waals surface area contributed by atoms with E-state index in [0.29, 0.717) is 40.0 Å². The highest BCUT2D eigenvalue weighted by Gasteiger charge is 2.26. The van der Waals surface area contributed by atoms with Crippen LogP contribution in [0.1, 0.15) is 32.3 Å². The summed E-state index contributed by atoms with van der Waals surface area (Å²) in [6.07, 6.45) is 2.83. The second-order valence-corrected chi connectivity index (χ2v) is 5.84. The first-order valence-corrected chi connectivity index (χ1v) is 8.08. The van der Waals surface area contributed by atoms with Crippen LogP contribution in [0.2, 0.25) is 0 Å². The molecule has 6 nitrogen and oxygen atoms in total. The fourth-order valence-corrected chi connectivity index (χ4v) is 2.63. The molecule has 0 bridgehead atoms. The molecule has 2 rings (SSSR count). The Hall–Kier alpha value is -2.18. The van der Waals surface area contributed by atoms with Gasteiger partial charge in [0, 0.05) is 17.7 Å². The van der Waals surface area contributed by atoms with E-state index < -0.39 is 6.04 Å².